The van der Waals surface area contributed by atoms with Gasteiger partial charge >= 0.3 is 0 Å². The molecule has 0 unspecified atom stereocenters. The fraction of sp³-hybridized carbons (Fsp3) is 0.522. The molecule has 5 fully saturated rings. The lowest BCUT2D eigenvalue weighted by molar-refractivity contribution is -0.127. The van der Waals surface area contributed by atoms with Crippen molar-refractivity contribution in [3.05, 3.63) is 34.2 Å². The summed E-state index contributed by atoms with van der Waals surface area (Å²) < 4.78 is 5.55. The first-order valence-corrected chi connectivity index (χ1v) is 11.4. The lowest BCUT2D eigenvalue weighted by atomic mass is 9.48. The fourth-order valence-electron chi connectivity index (χ4n) is 6.57. The summed E-state index contributed by atoms with van der Waals surface area (Å²) in [6.07, 6.45) is 9.62. The average Bonchev–Trinajstić information content (AvgIpc) is 2.94. The molecule has 0 aromatic heterocycles. The summed E-state index contributed by atoms with van der Waals surface area (Å²) in [6.45, 7) is -0.396. The van der Waals surface area contributed by atoms with Gasteiger partial charge in [0, 0.05) is 5.56 Å². The van der Waals surface area contributed by atoms with Crippen molar-refractivity contribution in [1.82, 2.24) is 4.90 Å². The van der Waals surface area contributed by atoms with Crippen LogP contribution in [-0.2, 0) is 15.0 Å². The molecule has 6 nitrogen and oxygen atoms in total. The van der Waals surface area contributed by atoms with E-state index in [-0.39, 0.29) is 5.41 Å². The molecule has 1 aromatic carbocycles. The Kier molecular flexibility index (Phi) is 4.69. The molecule has 2 N–H and O–H groups in total. The second-order valence-corrected chi connectivity index (χ2v) is 10.4. The molecule has 7 heteroatoms. The van der Waals surface area contributed by atoms with Crippen molar-refractivity contribution >= 4 is 34.9 Å². The highest BCUT2D eigenvalue weighted by atomic mass is 32.2. The normalized spacial score (nSPS) is 33.6. The van der Waals surface area contributed by atoms with E-state index in [4.69, 9.17) is 10.5 Å². The summed E-state index contributed by atoms with van der Waals surface area (Å²) in [6, 6.07) is 6.31. The van der Waals surface area contributed by atoms with E-state index in [1.807, 2.05) is 6.07 Å². The van der Waals surface area contributed by atoms with Crippen molar-refractivity contribution < 1.29 is 19.1 Å². The Morgan fingerprint density at radius 3 is 2.40 bits per heavy atom. The number of thioether (sulfide) groups is 1. The van der Waals surface area contributed by atoms with Gasteiger partial charge in [-0.25, -0.2) is 0 Å². The first-order chi connectivity index (χ1) is 14.4. The third kappa shape index (κ3) is 3.23. The number of hydrogen-bond donors (Lipinski definition) is 1. The summed E-state index contributed by atoms with van der Waals surface area (Å²) in [5.74, 6) is 2.00. The van der Waals surface area contributed by atoms with Gasteiger partial charge in [0.25, 0.3) is 11.1 Å². The third-order valence-electron chi connectivity index (χ3n) is 7.35. The van der Waals surface area contributed by atoms with Crippen LogP contribution in [0.25, 0.3) is 6.08 Å². The standard InChI is InChI=1S/C23H26N2O4S/c1-29-18-3-2-17(23-9-13-4-14(10-23)6-15(5-13)11-23)7-16(18)8-19-21(27)25(12-20(24)26)22(28)30-19/h2-3,7-8,13-15H,4-6,9-12H2,1H3,(H2,24,26)/b19-8-. The summed E-state index contributed by atoms with van der Waals surface area (Å²) in [7, 11) is 1.61. The predicted octanol–water partition coefficient (Wildman–Crippen LogP) is 3.68. The molecule has 4 saturated carbocycles. The maximum absolute atomic E-state index is 12.6. The Morgan fingerprint density at radius 1 is 1.20 bits per heavy atom. The van der Waals surface area contributed by atoms with Crippen LogP contribution < -0.4 is 10.5 Å². The molecule has 3 amide bonds. The number of amides is 3. The van der Waals surface area contributed by atoms with Gasteiger partial charge in [0.05, 0.1) is 12.0 Å². The van der Waals surface area contributed by atoms with Crippen LogP contribution in [0.2, 0.25) is 0 Å². The number of nitrogens with zero attached hydrogens (tertiary/aromatic N) is 1. The number of methoxy groups -OCH3 is 1. The Morgan fingerprint density at radius 2 is 1.83 bits per heavy atom. The van der Waals surface area contributed by atoms with Crippen LogP contribution in [0.4, 0.5) is 4.79 Å². The highest BCUT2D eigenvalue weighted by Crippen LogP contribution is 2.61. The van der Waals surface area contributed by atoms with Crippen LogP contribution in [0.5, 0.6) is 5.75 Å². The third-order valence-corrected chi connectivity index (χ3v) is 8.26. The fourth-order valence-corrected chi connectivity index (χ4v) is 7.40. The molecule has 5 aliphatic rings. The zero-order valence-electron chi connectivity index (χ0n) is 17.1. The van der Waals surface area contributed by atoms with E-state index in [2.05, 4.69) is 12.1 Å². The summed E-state index contributed by atoms with van der Waals surface area (Å²) in [4.78, 5) is 37.2. The Bertz CT molecular complexity index is 935. The van der Waals surface area contributed by atoms with Crippen molar-refractivity contribution in [2.75, 3.05) is 13.7 Å². The lowest BCUT2D eigenvalue weighted by Gasteiger charge is -2.57. The van der Waals surface area contributed by atoms with Crippen molar-refractivity contribution in [1.29, 1.82) is 0 Å². The molecule has 1 aliphatic heterocycles. The Labute approximate surface area is 180 Å². The smallest absolute Gasteiger partial charge is 0.294 e. The SMILES string of the molecule is COc1ccc(C23CC4CC(CC(C4)C2)C3)cc1/C=C1\SC(=O)N(CC(N)=O)C1=O. The molecule has 6 rings (SSSR count). The summed E-state index contributed by atoms with van der Waals surface area (Å²) >= 11 is 0.838. The van der Waals surface area contributed by atoms with Gasteiger partial charge in [-0.15, -0.1) is 0 Å². The van der Waals surface area contributed by atoms with E-state index in [9.17, 15) is 14.4 Å². The van der Waals surface area contributed by atoms with Gasteiger partial charge in [-0.05, 0) is 97.2 Å². The average molecular weight is 427 g/mol. The number of benzene rings is 1. The molecule has 1 aromatic rings. The van der Waals surface area contributed by atoms with Gasteiger partial charge in [-0.1, -0.05) is 6.07 Å². The van der Waals surface area contributed by atoms with E-state index in [0.717, 1.165) is 40.0 Å². The van der Waals surface area contributed by atoms with Gasteiger partial charge in [0.2, 0.25) is 5.91 Å². The van der Waals surface area contributed by atoms with Crippen molar-refractivity contribution in [2.45, 2.75) is 43.9 Å². The number of imide groups is 1. The summed E-state index contributed by atoms with van der Waals surface area (Å²) in [5, 5.41) is -0.471. The van der Waals surface area contributed by atoms with Crippen molar-refractivity contribution in [2.24, 2.45) is 23.5 Å². The first kappa shape index (κ1) is 19.7. The highest BCUT2D eigenvalue weighted by Gasteiger charge is 2.51. The Balaban J connectivity index is 1.49. The summed E-state index contributed by atoms with van der Waals surface area (Å²) in [5.41, 5.74) is 7.53. The van der Waals surface area contributed by atoms with Crippen LogP contribution in [0.3, 0.4) is 0 Å². The van der Waals surface area contributed by atoms with Crippen LogP contribution in [0, 0.1) is 17.8 Å². The number of nitrogens with two attached hydrogens (primary N) is 1. The molecular formula is C23H26N2O4S. The topological polar surface area (TPSA) is 89.7 Å². The molecule has 4 aliphatic carbocycles. The number of ether oxygens (including phenoxy) is 1. The van der Waals surface area contributed by atoms with E-state index < -0.39 is 23.6 Å². The molecule has 158 valence electrons. The molecule has 1 heterocycles. The molecule has 4 bridgehead atoms. The minimum atomic E-state index is -0.708. The molecule has 0 radical (unpaired) electrons. The van der Waals surface area contributed by atoms with Gasteiger partial charge in [0.15, 0.2) is 0 Å². The largest absolute Gasteiger partial charge is 0.496 e. The maximum Gasteiger partial charge on any atom is 0.294 e. The van der Waals surface area contributed by atoms with Crippen LogP contribution in [0.1, 0.15) is 49.7 Å². The number of hydrogen-bond acceptors (Lipinski definition) is 5. The minimum Gasteiger partial charge on any atom is -0.496 e. The van der Waals surface area contributed by atoms with Crippen molar-refractivity contribution in [3.63, 3.8) is 0 Å². The quantitative estimate of drug-likeness (QED) is 0.726. The second kappa shape index (κ2) is 7.15. The Hall–Kier alpha value is -2.28. The zero-order valence-corrected chi connectivity index (χ0v) is 17.9. The number of rotatable bonds is 5. The molecule has 0 atom stereocenters. The number of carbonyl (C=O) groups is 3. The lowest BCUT2D eigenvalue weighted by Crippen LogP contribution is -2.48. The molecule has 1 saturated heterocycles. The molecular weight excluding hydrogens is 400 g/mol. The first-order valence-electron chi connectivity index (χ1n) is 10.6. The van der Waals surface area contributed by atoms with E-state index in [1.54, 1.807) is 13.2 Å². The molecule has 0 spiro atoms. The van der Waals surface area contributed by atoms with Crippen LogP contribution in [0.15, 0.2) is 23.1 Å². The molecule has 30 heavy (non-hydrogen) atoms. The van der Waals surface area contributed by atoms with Crippen LogP contribution >= 0.6 is 11.8 Å². The van der Waals surface area contributed by atoms with Gasteiger partial charge in [-0.2, -0.15) is 0 Å². The second-order valence-electron chi connectivity index (χ2n) is 9.39. The van der Waals surface area contributed by atoms with E-state index in [0.29, 0.717) is 10.7 Å². The number of primary amides is 1. The predicted molar refractivity (Wildman–Crippen MR) is 115 cm³/mol. The maximum atomic E-state index is 12.6. The monoisotopic (exact) mass is 426 g/mol. The van der Waals surface area contributed by atoms with E-state index >= 15 is 0 Å². The van der Waals surface area contributed by atoms with Crippen LogP contribution in [-0.4, -0.2) is 35.6 Å². The van der Waals surface area contributed by atoms with Gasteiger partial charge < -0.3 is 10.5 Å². The zero-order chi connectivity index (χ0) is 21.0. The highest BCUT2D eigenvalue weighted by molar-refractivity contribution is 8.18. The van der Waals surface area contributed by atoms with Gasteiger partial charge in [-0.3, -0.25) is 19.3 Å². The minimum absolute atomic E-state index is 0.231. The van der Waals surface area contributed by atoms with Crippen molar-refractivity contribution in [3.8, 4) is 5.75 Å². The van der Waals surface area contributed by atoms with Gasteiger partial charge in [0.1, 0.15) is 12.3 Å². The number of carbonyl (C=O) groups excluding carboxylic acids is 3. The van der Waals surface area contributed by atoms with E-state index in [1.165, 1.54) is 44.1 Å².